The first-order valence-electron chi connectivity index (χ1n) is 1.86. The largest absolute Gasteiger partial charge is 0.492 e. The monoisotopic (exact) mass is 366 g/mol. The molecule has 0 aliphatic carbocycles. The van der Waals surface area contributed by atoms with Crippen LogP contribution in [-0.2, 0) is 53.8 Å². The van der Waals surface area contributed by atoms with Crippen LogP contribution in [0.5, 0.6) is 0 Å². The molecule has 0 saturated heterocycles. The van der Waals surface area contributed by atoms with Gasteiger partial charge in [0.15, 0.2) is 0 Å². The van der Waals surface area contributed by atoms with E-state index in [1.165, 1.54) is 12.3 Å². The zero-order valence-corrected chi connectivity index (χ0v) is 10.3. The summed E-state index contributed by atoms with van der Waals surface area (Å²) in [6.45, 7) is 0. The first-order valence-corrected chi connectivity index (χ1v) is 1.86. The van der Waals surface area contributed by atoms with Gasteiger partial charge in [-0.15, -0.1) is 0 Å². The molecule has 9 heavy (non-hydrogen) atoms. The number of H-pyrrole nitrogens is 1. The predicted octanol–water partition coefficient (Wildman–Crippen LogP) is -0.0297. The van der Waals surface area contributed by atoms with Crippen molar-refractivity contribution in [1.29, 1.82) is 0 Å². The second-order valence-corrected chi connectivity index (χ2v) is 1.07. The quantitative estimate of drug-likeness (QED) is 0.644. The van der Waals surface area contributed by atoms with Gasteiger partial charge in [-0.2, -0.15) is 6.20 Å². The van der Waals surface area contributed by atoms with E-state index in [2.05, 4.69) is 17.1 Å². The third-order valence-corrected chi connectivity index (χ3v) is 0.573. The average Bonchev–Trinajstić information content (AvgIpc) is 1.69. The van der Waals surface area contributed by atoms with Crippen LogP contribution in [-0.4, -0.2) is 4.98 Å². The van der Waals surface area contributed by atoms with Gasteiger partial charge in [-0.1, -0.05) is 0 Å². The maximum atomic E-state index is 10.1. The van der Waals surface area contributed by atoms with Gasteiger partial charge >= 0.3 is 0 Å². The molecule has 1 rings (SSSR count). The van der Waals surface area contributed by atoms with Crippen LogP contribution in [0.1, 0.15) is 0 Å². The smallest absolute Gasteiger partial charge is 0.0614 e. The molecule has 0 spiro atoms. The molecule has 2 nitrogen and oxygen atoms in total. The van der Waals surface area contributed by atoms with Crippen LogP contribution in [0.4, 0.5) is 0 Å². The number of pyridine rings is 1. The molecule has 0 amide bonds. The Morgan fingerprint density at radius 2 is 2.22 bits per heavy atom. The van der Waals surface area contributed by atoms with Crippen molar-refractivity contribution < 1.29 is 53.8 Å². The molecule has 0 aromatic carbocycles. The standard InChI is InChI=1S/C5H3NO.W.Y/c7-5-3-1-2-4-6-5;;/h1,4H,(H,6,7);;/q-2;;. The molecule has 1 aromatic rings. The first kappa shape index (κ1) is 12.4. The number of hydrogen-bond acceptors (Lipinski definition) is 1. The molecule has 0 bridgehead atoms. The van der Waals surface area contributed by atoms with Crippen LogP contribution in [0.2, 0.25) is 0 Å². The van der Waals surface area contributed by atoms with Crippen molar-refractivity contribution in [2.75, 3.05) is 0 Å². The maximum Gasteiger partial charge on any atom is 0.0614 e. The molecule has 1 N–H and O–H groups in total. The van der Waals surface area contributed by atoms with Gasteiger partial charge in [0.2, 0.25) is 0 Å². The van der Waals surface area contributed by atoms with Gasteiger partial charge in [0, 0.05) is 53.8 Å². The van der Waals surface area contributed by atoms with E-state index in [-0.39, 0.29) is 59.3 Å². The fourth-order valence-electron chi connectivity index (χ4n) is 0.298. The van der Waals surface area contributed by atoms with Crippen molar-refractivity contribution in [3.8, 4) is 0 Å². The second kappa shape index (κ2) is 6.86. The molecule has 0 fully saturated rings. The van der Waals surface area contributed by atoms with E-state index >= 15 is 0 Å². The Morgan fingerprint density at radius 3 is 2.44 bits per heavy atom. The van der Waals surface area contributed by atoms with Crippen molar-refractivity contribution in [1.82, 2.24) is 4.98 Å². The van der Waals surface area contributed by atoms with Gasteiger partial charge in [0.25, 0.3) is 0 Å². The predicted molar refractivity (Wildman–Crippen MR) is 24.7 cm³/mol. The van der Waals surface area contributed by atoms with E-state index in [0.29, 0.717) is 0 Å². The summed E-state index contributed by atoms with van der Waals surface area (Å²) >= 11 is 0. The van der Waals surface area contributed by atoms with E-state index in [1.54, 1.807) is 0 Å². The number of hydrogen-bond donors (Lipinski definition) is 1. The Morgan fingerprint density at radius 1 is 1.56 bits per heavy atom. The number of aromatic amines is 1. The normalized spacial score (nSPS) is 6.67. The minimum absolute atomic E-state index is 0. The fraction of sp³-hybridized carbons (Fsp3) is 0. The van der Waals surface area contributed by atoms with Crippen LogP contribution < -0.4 is 5.56 Å². The molecule has 4 heteroatoms. The first-order chi connectivity index (χ1) is 3.39. The molecule has 1 aromatic heterocycles. The van der Waals surface area contributed by atoms with Gasteiger partial charge in [0.1, 0.15) is 0 Å². The molecule has 1 radical (unpaired) electrons. The Hall–Kier alpha value is 0.742. The summed E-state index contributed by atoms with van der Waals surface area (Å²) in [5.41, 5.74) is -0.209. The number of nitrogens with one attached hydrogen (secondary N) is 1. The molecular formula is C5H3NOWY-2. The molecule has 0 unspecified atom stereocenters. The zero-order chi connectivity index (χ0) is 5.11. The van der Waals surface area contributed by atoms with E-state index < -0.39 is 0 Å². The van der Waals surface area contributed by atoms with E-state index in [0.717, 1.165) is 0 Å². The van der Waals surface area contributed by atoms with E-state index in [1.807, 2.05) is 0 Å². The SMILES string of the molecule is O=c1[c-]c[c-]c[nH]1.[W].[Y]. The van der Waals surface area contributed by atoms with Gasteiger partial charge in [-0.3, -0.25) is 0 Å². The van der Waals surface area contributed by atoms with Crippen molar-refractivity contribution in [3.63, 3.8) is 0 Å². The summed E-state index contributed by atoms with van der Waals surface area (Å²) in [6, 6.07) is 6.43. The van der Waals surface area contributed by atoms with Crippen LogP contribution in [0.3, 0.4) is 0 Å². The summed E-state index contributed by atoms with van der Waals surface area (Å²) in [5.74, 6) is 0. The Bertz CT molecular complexity index is 183. The van der Waals surface area contributed by atoms with Crippen molar-refractivity contribution >= 4 is 0 Å². The van der Waals surface area contributed by atoms with Crippen molar-refractivity contribution in [3.05, 3.63) is 34.7 Å². The minimum atomic E-state index is -0.209. The second-order valence-electron chi connectivity index (χ2n) is 1.07. The number of aromatic nitrogens is 1. The molecule has 1 heterocycles. The van der Waals surface area contributed by atoms with Gasteiger partial charge in [-0.05, 0) is 0 Å². The Balaban J connectivity index is 0. The van der Waals surface area contributed by atoms with E-state index in [4.69, 9.17) is 0 Å². The third kappa shape index (κ3) is 5.20. The molecule has 0 aliphatic rings. The molecule has 0 atom stereocenters. The summed E-state index contributed by atoms with van der Waals surface area (Å²) in [7, 11) is 0. The maximum absolute atomic E-state index is 10.1. The van der Waals surface area contributed by atoms with Crippen molar-refractivity contribution in [2.24, 2.45) is 0 Å². The zero-order valence-electron chi connectivity index (χ0n) is 4.55. The van der Waals surface area contributed by atoms with Crippen molar-refractivity contribution in [2.45, 2.75) is 0 Å². The molecular weight excluding hydrogens is 363 g/mol. The van der Waals surface area contributed by atoms with Gasteiger partial charge in [0.05, 0.1) is 5.56 Å². The van der Waals surface area contributed by atoms with Gasteiger partial charge < -0.3 is 28.0 Å². The van der Waals surface area contributed by atoms with E-state index in [9.17, 15) is 4.79 Å². The van der Waals surface area contributed by atoms with Crippen LogP contribution in [0.25, 0.3) is 0 Å². The topological polar surface area (TPSA) is 32.9 Å². The molecule has 0 aliphatic heterocycles. The number of rotatable bonds is 0. The van der Waals surface area contributed by atoms with Crippen LogP contribution in [0.15, 0.2) is 17.1 Å². The Labute approximate surface area is 92.6 Å². The minimum Gasteiger partial charge on any atom is -0.492 e. The average molecular weight is 366 g/mol. The third-order valence-electron chi connectivity index (χ3n) is 0.573. The van der Waals surface area contributed by atoms with Crippen LogP contribution >= 0.6 is 0 Å². The Kier molecular flexibility index (Phi) is 9.46. The summed E-state index contributed by atoms with van der Waals surface area (Å²) in [4.78, 5) is 12.5. The molecule has 45 valence electrons. The van der Waals surface area contributed by atoms with Crippen LogP contribution in [0, 0.1) is 12.1 Å². The molecule has 0 saturated carbocycles. The fourth-order valence-corrected chi connectivity index (χ4v) is 0.298. The summed E-state index contributed by atoms with van der Waals surface area (Å²) in [5, 5.41) is 0. The summed E-state index contributed by atoms with van der Waals surface area (Å²) in [6.07, 6.45) is 1.44. The summed E-state index contributed by atoms with van der Waals surface area (Å²) < 4.78 is 0. The van der Waals surface area contributed by atoms with Gasteiger partial charge in [-0.25, -0.2) is 0 Å².